The molecule has 71 heavy (non-hydrogen) atoms. The number of carboxylic acid groups (broad SMARTS) is 1. The minimum atomic E-state index is -1.17. The van der Waals surface area contributed by atoms with Gasteiger partial charge in [-0.25, -0.2) is 19.2 Å². The number of carbonyl (C=O) groups excluding carboxylic acids is 3. The number of hydrogen-bond donors (Lipinski definition) is 3. The number of esters is 1. The first kappa shape index (κ1) is 53.0. The van der Waals surface area contributed by atoms with Crippen LogP contribution in [0.5, 0.6) is 11.5 Å². The van der Waals surface area contributed by atoms with Crippen molar-refractivity contribution in [2.24, 2.45) is 10.2 Å². The smallest absolute Gasteiger partial charge is 0.407 e. The number of alkyl carbamates (subject to hydrolysis) is 2. The lowest BCUT2D eigenvalue weighted by Gasteiger charge is -2.18. The predicted molar refractivity (Wildman–Crippen MR) is 267 cm³/mol. The fraction of sp³-hybridized carbons (Fsp3) is 0.245. The Balaban J connectivity index is 0.000000257. The van der Waals surface area contributed by atoms with Gasteiger partial charge in [0.15, 0.2) is 13.5 Å². The van der Waals surface area contributed by atoms with Crippen molar-refractivity contribution in [2.75, 3.05) is 33.8 Å². The molecule has 3 N–H and O–H groups in total. The van der Waals surface area contributed by atoms with Crippen molar-refractivity contribution < 1.29 is 48.0 Å². The number of methoxy groups -OCH3 is 1. The molecule has 0 aromatic heterocycles. The summed E-state index contributed by atoms with van der Waals surface area (Å²) in [5, 5.41) is 21.2. The van der Waals surface area contributed by atoms with Crippen molar-refractivity contribution in [3.63, 3.8) is 0 Å². The van der Waals surface area contributed by atoms with E-state index in [0.29, 0.717) is 17.1 Å². The van der Waals surface area contributed by atoms with Gasteiger partial charge in [-0.15, -0.1) is 0 Å². The van der Waals surface area contributed by atoms with Crippen LogP contribution in [-0.4, -0.2) is 75.1 Å². The van der Waals surface area contributed by atoms with Gasteiger partial charge in [0.1, 0.15) is 36.8 Å². The number of ether oxygens (including phenoxy) is 5. The van der Waals surface area contributed by atoms with Crippen molar-refractivity contribution in [2.45, 2.75) is 51.6 Å². The molecule has 0 bridgehead atoms. The van der Waals surface area contributed by atoms with Crippen LogP contribution in [0, 0.1) is 0 Å². The van der Waals surface area contributed by atoms with E-state index in [1.165, 1.54) is 7.11 Å². The van der Waals surface area contributed by atoms with Crippen molar-refractivity contribution in [1.82, 2.24) is 10.6 Å². The number of nitrogens with zero attached hydrogens (tertiary/aromatic N) is 6. The second-order valence-corrected chi connectivity index (χ2v) is 15.6. The number of carbonyl (C=O) groups is 4. The average molecular weight is 963 g/mol. The van der Waals surface area contributed by atoms with Crippen LogP contribution in [0.25, 0.3) is 43.1 Å². The van der Waals surface area contributed by atoms with E-state index in [0.717, 1.165) is 50.1 Å². The summed E-state index contributed by atoms with van der Waals surface area (Å²) in [7, 11) is 1.27. The highest BCUT2D eigenvalue weighted by molar-refractivity contribution is 5.83. The number of amides is 2. The van der Waals surface area contributed by atoms with Gasteiger partial charge in [0.2, 0.25) is 0 Å². The lowest BCUT2D eigenvalue weighted by Crippen LogP contribution is -2.43. The third-order valence-electron chi connectivity index (χ3n) is 11.5. The summed E-state index contributed by atoms with van der Waals surface area (Å²) in [6, 6.07) is 43.5. The Morgan fingerprint density at radius 1 is 0.549 bits per heavy atom. The maximum absolute atomic E-state index is 12.6. The van der Waals surface area contributed by atoms with Crippen LogP contribution >= 0.6 is 0 Å². The average Bonchev–Trinajstić information content (AvgIpc) is 3.87. The van der Waals surface area contributed by atoms with Gasteiger partial charge in [0.25, 0.3) is 0 Å². The number of aliphatic carboxylic acids is 1. The molecule has 0 saturated heterocycles. The van der Waals surface area contributed by atoms with E-state index in [9.17, 15) is 24.3 Å². The van der Waals surface area contributed by atoms with Crippen molar-refractivity contribution in [3.05, 3.63) is 200 Å². The molecule has 2 atom stereocenters. The molecular formula is C53H54N8O10. The van der Waals surface area contributed by atoms with Crippen LogP contribution < -0.4 is 20.1 Å². The van der Waals surface area contributed by atoms with Gasteiger partial charge in [-0.1, -0.05) is 146 Å². The predicted octanol–water partition coefficient (Wildman–Crippen LogP) is 11.1. The first-order valence-corrected chi connectivity index (χ1v) is 21.7. The molecule has 18 nitrogen and oxygen atoms in total. The third kappa shape index (κ3) is 13.6. The molecule has 18 heteroatoms. The normalized spacial score (nSPS) is 12.2. The van der Waals surface area contributed by atoms with Crippen LogP contribution in [-0.2, 0) is 36.6 Å². The van der Waals surface area contributed by atoms with Crippen molar-refractivity contribution in [1.29, 1.82) is 0 Å². The molecule has 6 aromatic rings. The van der Waals surface area contributed by atoms with E-state index >= 15 is 0 Å². The van der Waals surface area contributed by atoms with Gasteiger partial charge in [0, 0.05) is 34.5 Å². The van der Waals surface area contributed by atoms with Gasteiger partial charge < -0.3 is 39.4 Å². The molecule has 8 rings (SSSR count). The molecule has 0 radical (unpaired) electrons. The number of fused-ring (bicyclic) bond motifs is 6. The zero-order valence-corrected chi connectivity index (χ0v) is 37.2. The standard InChI is InChI=1S/C26H24N4O5.C25H22N4O5.2CH4/c1-33-25(31)24(14-17-10-12-18(13-11-17)35-16-28-30-27)29-26(32)34-15-23-21-8-4-2-6-19(21)20-7-3-5-9-22(20)23;26-29-27-15-34-17-11-9-16(10-12-17)13-23(24(30)31)28-25(32)33-14-22-20-7-3-1-5-18(20)19-6-2-4-8-21(19)22;;/h2-13,23-24H,14-16H2,1H3,(H,29,32);1-12,22-23H,13-15H2,(H,28,32)(H,30,31);2*1H4. The first-order valence-electron chi connectivity index (χ1n) is 21.7. The SMILES string of the molecule is C.C.COC(=O)C(Cc1ccc(OCN=[N+]=[N-])cc1)NC(=O)OCC1c2ccccc2-c2ccccc21.[N-]=[N+]=NCOc1ccc(CC(NC(=O)OCC2c3ccccc3-c3ccccc32)C(=O)O)cc1. The van der Waals surface area contributed by atoms with Crippen molar-refractivity contribution in [3.8, 4) is 33.8 Å². The Kier molecular flexibility index (Phi) is 19.4. The number of hydrogen-bond acceptors (Lipinski definition) is 11. The molecule has 6 aromatic carbocycles. The second-order valence-electron chi connectivity index (χ2n) is 15.6. The van der Waals surface area contributed by atoms with E-state index in [4.69, 9.17) is 34.7 Å². The van der Waals surface area contributed by atoms with Crippen molar-refractivity contribution >= 4 is 24.1 Å². The van der Waals surface area contributed by atoms with E-state index in [2.05, 4.69) is 42.8 Å². The molecule has 0 spiro atoms. The quantitative estimate of drug-likeness (QED) is 0.0241. The second kappa shape index (κ2) is 26.0. The number of azide groups is 2. The Morgan fingerprint density at radius 2 is 0.887 bits per heavy atom. The topological polar surface area (TPSA) is 256 Å². The molecule has 0 saturated carbocycles. The zero-order valence-electron chi connectivity index (χ0n) is 37.2. The Labute approximate surface area is 410 Å². The minimum Gasteiger partial charge on any atom is -0.488 e. The lowest BCUT2D eigenvalue weighted by atomic mass is 9.98. The van der Waals surface area contributed by atoms with E-state index < -0.39 is 36.2 Å². The van der Waals surface area contributed by atoms with Gasteiger partial charge in [-0.05, 0) is 91.0 Å². The maximum Gasteiger partial charge on any atom is 0.407 e. The minimum absolute atomic E-state index is 0. The summed E-state index contributed by atoms with van der Waals surface area (Å²) in [6.07, 6.45) is -1.22. The Bertz CT molecular complexity index is 2790. The fourth-order valence-corrected chi connectivity index (χ4v) is 8.27. The van der Waals surface area contributed by atoms with E-state index in [1.807, 2.05) is 84.9 Å². The number of rotatable bonds is 18. The molecule has 2 aliphatic carbocycles. The van der Waals surface area contributed by atoms with E-state index in [-0.39, 0.29) is 66.2 Å². The highest BCUT2D eigenvalue weighted by Gasteiger charge is 2.32. The van der Waals surface area contributed by atoms with E-state index in [1.54, 1.807) is 48.5 Å². The summed E-state index contributed by atoms with van der Waals surface area (Å²) >= 11 is 0. The van der Waals surface area contributed by atoms with Crippen LogP contribution in [0.4, 0.5) is 9.59 Å². The van der Waals surface area contributed by atoms with Gasteiger partial charge in [0.05, 0.1) is 7.11 Å². The van der Waals surface area contributed by atoms with Crippen LogP contribution in [0.15, 0.2) is 156 Å². The molecule has 0 aliphatic heterocycles. The van der Waals surface area contributed by atoms with Gasteiger partial charge in [-0.2, -0.15) is 0 Å². The van der Waals surface area contributed by atoms with Crippen LogP contribution in [0.1, 0.15) is 60.1 Å². The summed E-state index contributed by atoms with van der Waals surface area (Å²) in [6.45, 7) is -0.0186. The highest BCUT2D eigenvalue weighted by Crippen LogP contribution is 2.45. The van der Waals surface area contributed by atoms with Gasteiger partial charge in [-0.3, -0.25) is 0 Å². The summed E-state index contributed by atoms with van der Waals surface area (Å²) in [5.41, 5.74) is 26.9. The number of carboxylic acids is 1. The van der Waals surface area contributed by atoms with Gasteiger partial charge >= 0.3 is 24.1 Å². The summed E-state index contributed by atoms with van der Waals surface area (Å²) in [4.78, 5) is 54.4. The summed E-state index contributed by atoms with van der Waals surface area (Å²) in [5.74, 6) is -0.950. The van der Waals surface area contributed by atoms with Crippen LogP contribution in [0.3, 0.4) is 0 Å². The maximum atomic E-state index is 12.6. The number of benzene rings is 6. The molecule has 0 heterocycles. The summed E-state index contributed by atoms with van der Waals surface area (Å²) < 4.78 is 26.4. The lowest BCUT2D eigenvalue weighted by molar-refractivity contribution is -0.143. The third-order valence-corrected chi connectivity index (χ3v) is 11.5. The molecule has 2 unspecified atom stereocenters. The Hall–Kier alpha value is -8.98. The molecule has 0 fully saturated rings. The largest absolute Gasteiger partial charge is 0.488 e. The Morgan fingerprint density at radius 3 is 1.23 bits per heavy atom. The monoisotopic (exact) mass is 962 g/mol. The number of nitrogens with one attached hydrogen (secondary N) is 2. The highest BCUT2D eigenvalue weighted by atomic mass is 16.6. The molecule has 2 amide bonds. The first-order chi connectivity index (χ1) is 33.7. The van der Waals surface area contributed by atoms with Crippen LogP contribution in [0.2, 0.25) is 0 Å². The molecule has 366 valence electrons. The zero-order chi connectivity index (χ0) is 48.5. The molecular weight excluding hydrogens is 909 g/mol. The molecule has 2 aliphatic rings. The fourth-order valence-electron chi connectivity index (χ4n) is 8.27.